The van der Waals surface area contributed by atoms with Crippen molar-refractivity contribution in [1.29, 1.82) is 0 Å². The Balaban J connectivity index is 0.000000461. The Morgan fingerprint density at radius 1 is 1.27 bits per heavy atom. The topological polar surface area (TPSA) is 46.2 Å². The molecule has 0 amide bonds. The Hall–Kier alpha value is -0.670. The Morgan fingerprint density at radius 3 is 2.09 bits per heavy atom. The molecule has 0 bridgehead atoms. The molecule has 0 unspecified atom stereocenters. The van der Waals surface area contributed by atoms with Crippen LogP contribution in [-0.2, 0) is 6.54 Å². The summed E-state index contributed by atoms with van der Waals surface area (Å²) in [5.41, 5.74) is 6.35. The predicted octanol–water partition coefficient (Wildman–Crippen LogP) is 1.40. The van der Waals surface area contributed by atoms with Gasteiger partial charge in [0.05, 0.1) is 0 Å². The van der Waals surface area contributed by atoms with Crippen molar-refractivity contribution in [2.24, 2.45) is 5.73 Å². The molecular weight excluding hydrogens is 158 g/mol. The summed E-state index contributed by atoms with van der Waals surface area (Å²) >= 11 is 3.53. The second-order valence-electron chi connectivity index (χ2n) is 1.87. The fourth-order valence-electron chi connectivity index (χ4n) is 0.632. The van der Waals surface area contributed by atoms with E-state index < -0.39 is 0 Å². The first-order valence-corrected chi connectivity index (χ1v) is 4.15. The molecule has 0 aromatic heterocycles. The van der Waals surface area contributed by atoms with Gasteiger partial charge in [-0.2, -0.15) is 12.6 Å². The standard InChI is InChI=1S/C7H9NO.CH4S/c8-5-6-1-3-7(9)4-2-6;1-2/h1-4,9H,5,8H2;2H,1H3. The van der Waals surface area contributed by atoms with Crippen LogP contribution in [-0.4, -0.2) is 11.4 Å². The van der Waals surface area contributed by atoms with Crippen LogP contribution < -0.4 is 5.73 Å². The number of phenolic OH excluding ortho intramolecular Hbond substituents is 1. The zero-order valence-corrected chi connectivity index (χ0v) is 7.38. The van der Waals surface area contributed by atoms with E-state index in [0.717, 1.165) is 5.56 Å². The smallest absolute Gasteiger partial charge is 0.115 e. The molecule has 3 N–H and O–H groups in total. The van der Waals surface area contributed by atoms with Gasteiger partial charge in [-0.1, -0.05) is 12.1 Å². The molecule has 0 aliphatic carbocycles. The van der Waals surface area contributed by atoms with E-state index in [1.807, 2.05) is 0 Å². The molecule has 0 aliphatic rings. The number of benzene rings is 1. The van der Waals surface area contributed by atoms with Gasteiger partial charge in [-0.15, -0.1) is 0 Å². The molecule has 0 atom stereocenters. The number of aromatic hydroxyl groups is 1. The lowest BCUT2D eigenvalue weighted by Crippen LogP contribution is -1.94. The van der Waals surface area contributed by atoms with Gasteiger partial charge >= 0.3 is 0 Å². The Bertz CT molecular complexity index is 186. The van der Waals surface area contributed by atoms with E-state index in [9.17, 15) is 0 Å². The maximum atomic E-state index is 8.81. The van der Waals surface area contributed by atoms with Crippen LogP contribution in [0.15, 0.2) is 24.3 Å². The number of phenols is 1. The van der Waals surface area contributed by atoms with Gasteiger partial charge in [0.2, 0.25) is 0 Å². The zero-order valence-electron chi connectivity index (χ0n) is 6.49. The van der Waals surface area contributed by atoms with Crippen molar-refractivity contribution >= 4 is 12.6 Å². The van der Waals surface area contributed by atoms with Crippen molar-refractivity contribution in [3.8, 4) is 5.75 Å². The average molecular weight is 171 g/mol. The molecule has 0 heterocycles. The highest BCUT2D eigenvalue weighted by atomic mass is 32.1. The van der Waals surface area contributed by atoms with Crippen LogP contribution in [0.4, 0.5) is 0 Å². The first-order chi connectivity index (χ1) is 5.33. The Labute approximate surface area is 72.5 Å². The molecule has 0 radical (unpaired) electrons. The number of nitrogens with two attached hydrogens (primary N) is 1. The second-order valence-corrected chi connectivity index (χ2v) is 1.87. The van der Waals surface area contributed by atoms with Crippen LogP contribution >= 0.6 is 12.6 Å². The number of hydrogen-bond donors (Lipinski definition) is 3. The number of hydrogen-bond acceptors (Lipinski definition) is 3. The van der Waals surface area contributed by atoms with E-state index in [1.54, 1.807) is 30.5 Å². The fourth-order valence-corrected chi connectivity index (χ4v) is 0.632. The van der Waals surface area contributed by atoms with Crippen molar-refractivity contribution in [3.63, 3.8) is 0 Å². The summed E-state index contributed by atoms with van der Waals surface area (Å²) in [6, 6.07) is 6.86. The van der Waals surface area contributed by atoms with E-state index >= 15 is 0 Å². The summed E-state index contributed by atoms with van der Waals surface area (Å²) in [5.74, 6) is 0.284. The SMILES string of the molecule is CS.NCc1ccc(O)cc1. The molecule has 2 nitrogen and oxygen atoms in total. The average Bonchev–Trinajstić information content (AvgIpc) is 2.10. The third-order valence-corrected chi connectivity index (χ3v) is 1.17. The summed E-state index contributed by atoms with van der Waals surface area (Å²) in [7, 11) is 0. The van der Waals surface area contributed by atoms with Gasteiger partial charge in [0.1, 0.15) is 5.75 Å². The van der Waals surface area contributed by atoms with Gasteiger partial charge in [-0.05, 0) is 24.0 Å². The lowest BCUT2D eigenvalue weighted by molar-refractivity contribution is 0.475. The summed E-state index contributed by atoms with van der Waals surface area (Å²) < 4.78 is 0. The minimum Gasteiger partial charge on any atom is -0.508 e. The van der Waals surface area contributed by atoms with Crippen LogP contribution in [0, 0.1) is 0 Å². The third kappa shape index (κ3) is 3.91. The van der Waals surface area contributed by atoms with Gasteiger partial charge in [-0.3, -0.25) is 0 Å². The van der Waals surface area contributed by atoms with Crippen molar-refractivity contribution in [1.82, 2.24) is 0 Å². The number of rotatable bonds is 1. The molecule has 0 spiro atoms. The van der Waals surface area contributed by atoms with Crippen LogP contribution in [0.1, 0.15) is 5.56 Å². The van der Waals surface area contributed by atoms with Crippen molar-refractivity contribution in [3.05, 3.63) is 29.8 Å². The highest BCUT2D eigenvalue weighted by Crippen LogP contribution is 2.08. The van der Waals surface area contributed by atoms with Crippen LogP contribution in [0.25, 0.3) is 0 Å². The quantitative estimate of drug-likeness (QED) is 0.559. The monoisotopic (exact) mass is 171 g/mol. The normalized spacial score (nSPS) is 8.27. The molecular formula is C8H13NOS. The highest BCUT2D eigenvalue weighted by molar-refractivity contribution is 7.79. The lowest BCUT2D eigenvalue weighted by Gasteiger charge is -1.93. The van der Waals surface area contributed by atoms with Crippen molar-refractivity contribution in [2.45, 2.75) is 6.54 Å². The summed E-state index contributed by atoms with van der Waals surface area (Å²) in [6.45, 7) is 0.528. The van der Waals surface area contributed by atoms with E-state index in [4.69, 9.17) is 10.8 Å². The van der Waals surface area contributed by atoms with E-state index in [-0.39, 0.29) is 5.75 Å². The fraction of sp³-hybridized carbons (Fsp3) is 0.250. The first kappa shape index (κ1) is 10.3. The van der Waals surface area contributed by atoms with Crippen LogP contribution in [0.2, 0.25) is 0 Å². The van der Waals surface area contributed by atoms with Crippen LogP contribution in [0.3, 0.4) is 0 Å². The minimum absolute atomic E-state index is 0.284. The maximum absolute atomic E-state index is 8.81. The zero-order chi connectivity index (χ0) is 8.69. The van der Waals surface area contributed by atoms with E-state index in [1.165, 1.54) is 0 Å². The van der Waals surface area contributed by atoms with Gasteiger partial charge < -0.3 is 10.8 Å². The molecule has 0 fully saturated rings. The van der Waals surface area contributed by atoms with E-state index in [2.05, 4.69) is 12.6 Å². The highest BCUT2D eigenvalue weighted by Gasteiger charge is 1.86. The Kier molecular flexibility index (Phi) is 5.70. The molecule has 0 aliphatic heterocycles. The lowest BCUT2D eigenvalue weighted by atomic mass is 10.2. The molecule has 1 rings (SSSR count). The summed E-state index contributed by atoms with van der Waals surface area (Å²) in [4.78, 5) is 0. The van der Waals surface area contributed by atoms with Crippen molar-refractivity contribution < 1.29 is 5.11 Å². The predicted molar refractivity (Wildman–Crippen MR) is 50.9 cm³/mol. The van der Waals surface area contributed by atoms with Crippen LogP contribution in [0.5, 0.6) is 5.75 Å². The molecule has 0 saturated carbocycles. The van der Waals surface area contributed by atoms with Gasteiger partial charge in [0.25, 0.3) is 0 Å². The van der Waals surface area contributed by atoms with Gasteiger partial charge in [0, 0.05) is 6.54 Å². The molecule has 1 aromatic rings. The van der Waals surface area contributed by atoms with Gasteiger partial charge in [0.15, 0.2) is 0 Å². The van der Waals surface area contributed by atoms with Gasteiger partial charge in [-0.25, -0.2) is 0 Å². The molecule has 1 aromatic carbocycles. The Morgan fingerprint density at radius 2 is 1.73 bits per heavy atom. The van der Waals surface area contributed by atoms with E-state index in [0.29, 0.717) is 6.54 Å². The molecule has 11 heavy (non-hydrogen) atoms. The summed E-state index contributed by atoms with van der Waals surface area (Å²) in [5, 5.41) is 8.81. The summed E-state index contributed by atoms with van der Waals surface area (Å²) in [6.07, 6.45) is 1.69. The third-order valence-electron chi connectivity index (χ3n) is 1.17. The second kappa shape index (κ2) is 6.07. The minimum atomic E-state index is 0.284. The maximum Gasteiger partial charge on any atom is 0.115 e. The largest absolute Gasteiger partial charge is 0.508 e. The molecule has 62 valence electrons. The molecule has 0 saturated heterocycles. The van der Waals surface area contributed by atoms with Crippen molar-refractivity contribution in [2.75, 3.05) is 6.26 Å². The number of thiol groups is 1. The first-order valence-electron chi connectivity index (χ1n) is 3.25. The molecule has 3 heteroatoms.